The number of carbonyl (C=O) groups is 2. The lowest BCUT2D eigenvalue weighted by molar-refractivity contribution is -0.116. The Labute approximate surface area is 297 Å². The van der Waals surface area contributed by atoms with Crippen molar-refractivity contribution in [2.24, 2.45) is 0 Å². The van der Waals surface area contributed by atoms with Gasteiger partial charge in [-0.2, -0.15) is 0 Å². The molecule has 0 radical (unpaired) electrons. The van der Waals surface area contributed by atoms with Crippen LogP contribution in [0.15, 0.2) is 72.8 Å². The summed E-state index contributed by atoms with van der Waals surface area (Å²) in [5.41, 5.74) is 7.57. The van der Waals surface area contributed by atoms with E-state index in [1.165, 1.54) is 9.80 Å². The number of hydrogen-bond acceptors (Lipinski definition) is 8. The quantitative estimate of drug-likeness (QED) is 0.129. The van der Waals surface area contributed by atoms with Crippen LogP contribution in [0.4, 0.5) is 0 Å². The second-order valence-electron chi connectivity index (χ2n) is 13.1. The van der Waals surface area contributed by atoms with Gasteiger partial charge in [0.05, 0.1) is 0 Å². The first-order valence-electron chi connectivity index (χ1n) is 16.4. The molecule has 0 aromatic heterocycles. The van der Waals surface area contributed by atoms with Gasteiger partial charge in [0.25, 0.3) is 0 Å². The minimum absolute atomic E-state index is 0.246. The molecule has 0 aliphatic carbocycles. The van der Waals surface area contributed by atoms with Crippen LogP contribution in [0.2, 0.25) is 0 Å². The molecule has 50 heavy (non-hydrogen) atoms. The van der Waals surface area contributed by atoms with E-state index in [1.54, 1.807) is 52.5 Å². The van der Waals surface area contributed by atoms with Crippen LogP contribution in [-0.2, 0) is 35.8 Å². The number of aryl methyl sites for hydroxylation is 4. The number of aromatic hydroxyl groups is 4. The standard InChI is InChI=1S/C34H40N2O4.2C3H7NO/c1-23-5-9-31(37)27(15-23)19-35(20-28-16-24(2)6-10-32(28)38)13-14-36(21-29-17-25(3)7-11-33(29)39)22-30-18-26(4)8-12-34(30)40;2*1-4(2)3-5/h5-12,15-18,37-40H,13-14,19-22H2,1-4H3;2*3H,1-2H3. The van der Waals surface area contributed by atoms with Gasteiger partial charge < -0.3 is 30.2 Å². The Hall–Kier alpha value is -5.06. The fourth-order valence-corrected chi connectivity index (χ4v) is 5.04. The van der Waals surface area contributed by atoms with Crippen LogP contribution in [0.5, 0.6) is 23.0 Å². The lowest BCUT2D eigenvalue weighted by atomic mass is 10.1. The number of rotatable bonds is 13. The molecule has 10 nitrogen and oxygen atoms in total. The van der Waals surface area contributed by atoms with E-state index in [2.05, 4.69) is 9.80 Å². The fourth-order valence-electron chi connectivity index (χ4n) is 5.04. The van der Waals surface area contributed by atoms with Gasteiger partial charge in [-0.05, 0) is 52.0 Å². The predicted octanol–water partition coefficient (Wildman–Crippen LogP) is 5.86. The summed E-state index contributed by atoms with van der Waals surface area (Å²) in [5.74, 6) is 0.983. The zero-order valence-corrected chi connectivity index (χ0v) is 30.7. The first kappa shape index (κ1) is 41.1. The van der Waals surface area contributed by atoms with Crippen LogP contribution in [-0.4, -0.2) is 94.1 Å². The van der Waals surface area contributed by atoms with Crippen molar-refractivity contribution < 1.29 is 30.0 Å². The van der Waals surface area contributed by atoms with Crippen LogP contribution in [0.3, 0.4) is 0 Å². The van der Waals surface area contributed by atoms with Crippen LogP contribution >= 0.6 is 0 Å². The number of phenols is 4. The Balaban J connectivity index is 0.000000761. The first-order chi connectivity index (χ1) is 23.6. The van der Waals surface area contributed by atoms with Gasteiger partial charge in [0.15, 0.2) is 0 Å². The summed E-state index contributed by atoms with van der Waals surface area (Å²) in [6, 6.07) is 22.4. The molecule has 0 saturated heterocycles. The second kappa shape index (κ2) is 20.5. The Morgan fingerprint density at radius 2 is 0.640 bits per heavy atom. The Morgan fingerprint density at radius 3 is 0.820 bits per heavy atom. The van der Waals surface area contributed by atoms with E-state index in [1.807, 2.05) is 76.2 Å². The summed E-state index contributed by atoms with van der Waals surface area (Å²) in [6.07, 6.45) is 1.50. The monoisotopic (exact) mass is 686 g/mol. The molecular weight excluding hydrogens is 632 g/mol. The molecule has 4 aromatic carbocycles. The SMILES string of the molecule is CN(C)C=O.CN(C)C=O.Cc1ccc(O)c(CN(CCN(Cc2cc(C)ccc2O)Cc2cc(C)ccc2O)Cc2cc(C)ccc2O)c1. The first-order valence-corrected chi connectivity index (χ1v) is 16.4. The molecule has 10 heteroatoms. The molecule has 4 N–H and O–H groups in total. The molecule has 2 amide bonds. The van der Waals surface area contributed by atoms with Crippen LogP contribution in [0.25, 0.3) is 0 Å². The Bertz CT molecular complexity index is 1440. The summed E-state index contributed by atoms with van der Waals surface area (Å²) in [6.45, 7) is 11.3. The number of amides is 2. The summed E-state index contributed by atoms with van der Waals surface area (Å²) >= 11 is 0. The van der Waals surface area contributed by atoms with E-state index < -0.39 is 0 Å². The topological polar surface area (TPSA) is 128 Å². The maximum atomic E-state index is 10.6. The molecule has 0 atom stereocenters. The van der Waals surface area contributed by atoms with Crippen molar-refractivity contribution in [3.8, 4) is 23.0 Å². The number of phenolic OH excluding ortho intramolecular Hbond substituents is 4. The molecule has 0 fully saturated rings. The van der Waals surface area contributed by atoms with Crippen LogP contribution in [0, 0.1) is 27.7 Å². The summed E-state index contributed by atoms with van der Waals surface area (Å²) in [5, 5.41) is 42.3. The molecule has 0 aliphatic rings. The largest absolute Gasteiger partial charge is 0.508 e. The van der Waals surface area contributed by atoms with Gasteiger partial charge in [-0.1, -0.05) is 70.8 Å². The molecule has 0 saturated carbocycles. The highest BCUT2D eigenvalue weighted by Gasteiger charge is 2.17. The third-order valence-corrected chi connectivity index (χ3v) is 7.67. The normalized spacial score (nSPS) is 10.5. The molecule has 0 unspecified atom stereocenters. The minimum Gasteiger partial charge on any atom is -0.508 e. The van der Waals surface area contributed by atoms with Crippen molar-refractivity contribution in [1.82, 2.24) is 19.6 Å². The molecule has 270 valence electrons. The summed E-state index contributed by atoms with van der Waals surface area (Å²) < 4.78 is 0. The fraction of sp³-hybridized carbons (Fsp3) is 0.350. The zero-order valence-electron chi connectivity index (χ0n) is 30.7. The van der Waals surface area contributed by atoms with Gasteiger partial charge >= 0.3 is 0 Å². The minimum atomic E-state index is 0.246. The average Bonchev–Trinajstić information content (AvgIpc) is 3.07. The van der Waals surface area contributed by atoms with Crippen molar-refractivity contribution in [3.05, 3.63) is 117 Å². The molecule has 4 rings (SSSR count). The van der Waals surface area contributed by atoms with E-state index in [0.717, 1.165) is 57.3 Å². The number of carbonyl (C=O) groups excluding carboxylic acids is 2. The van der Waals surface area contributed by atoms with Crippen molar-refractivity contribution in [1.29, 1.82) is 0 Å². The number of benzene rings is 4. The van der Waals surface area contributed by atoms with Gasteiger partial charge in [-0.15, -0.1) is 0 Å². The second-order valence-corrected chi connectivity index (χ2v) is 13.1. The molecule has 4 aromatic rings. The van der Waals surface area contributed by atoms with Gasteiger partial charge in [0.1, 0.15) is 23.0 Å². The Morgan fingerprint density at radius 1 is 0.440 bits per heavy atom. The lowest BCUT2D eigenvalue weighted by Crippen LogP contribution is -2.34. The van der Waals surface area contributed by atoms with Crippen LogP contribution < -0.4 is 0 Å². The molecule has 0 aliphatic heterocycles. The van der Waals surface area contributed by atoms with E-state index >= 15 is 0 Å². The van der Waals surface area contributed by atoms with Crippen molar-refractivity contribution in [3.63, 3.8) is 0 Å². The van der Waals surface area contributed by atoms with E-state index in [0.29, 0.717) is 39.3 Å². The number of hydrogen-bond donors (Lipinski definition) is 4. The molecular formula is C40H54N4O6. The van der Waals surface area contributed by atoms with Crippen molar-refractivity contribution in [2.75, 3.05) is 41.3 Å². The highest BCUT2D eigenvalue weighted by molar-refractivity contribution is 5.45. The van der Waals surface area contributed by atoms with Gasteiger partial charge in [-0.25, -0.2) is 0 Å². The number of nitrogens with zero attached hydrogens (tertiary/aromatic N) is 4. The van der Waals surface area contributed by atoms with Crippen molar-refractivity contribution in [2.45, 2.75) is 53.9 Å². The van der Waals surface area contributed by atoms with E-state index in [9.17, 15) is 30.0 Å². The third-order valence-electron chi connectivity index (χ3n) is 7.67. The van der Waals surface area contributed by atoms with Gasteiger partial charge in [0, 0.05) is 89.7 Å². The highest BCUT2D eigenvalue weighted by atomic mass is 16.3. The molecule has 0 bridgehead atoms. The molecule has 0 heterocycles. The zero-order chi connectivity index (χ0) is 37.4. The summed E-state index contributed by atoms with van der Waals surface area (Å²) in [7, 11) is 6.75. The highest BCUT2D eigenvalue weighted by Crippen LogP contribution is 2.27. The lowest BCUT2D eigenvalue weighted by Gasteiger charge is -2.29. The average molecular weight is 687 g/mol. The maximum Gasteiger partial charge on any atom is 0.209 e. The maximum absolute atomic E-state index is 10.6. The van der Waals surface area contributed by atoms with Gasteiger partial charge in [-0.3, -0.25) is 19.4 Å². The van der Waals surface area contributed by atoms with E-state index in [-0.39, 0.29) is 23.0 Å². The van der Waals surface area contributed by atoms with Crippen LogP contribution in [0.1, 0.15) is 44.5 Å². The van der Waals surface area contributed by atoms with E-state index in [4.69, 9.17) is 0 Å². The Kier molecular flexibility index (Phi) is 16.8. The van der Waals surface area contributed by atoms with Gasteiger partial charge in [0.2, 0.25) is 12.8 Å². The van der Waals surface area contributed by atoms with Crippen molar-refractivity contribution >= 4 is 12.8 Å². The summed E-state index contributed by atoms with van der Waals surface area (Å²) in [4.78, 5) is 26.2. The molecule has 0 spiro atoms. The predicted molar refractivity (Wildman–Crippen MR) is 199 cm³/mol. The third kappa shape index (κ3) is 14.6. The smallest absolute Gasteiger partial charge is 0.209 e.